The second-order valence-corrected chi connectivity index (χ2v) is 4.68. The highest BCUT2D eigenvalue weighted by Gasteiger charge is 2.23. The molecule has 0 radical (unpaired) electrons. The molecule has 0 aliphatic carbocycles. The van der Waals surface area contributed by atoms with Crippen LogP contribution in [0, 0.1) is 5.92 Å². The lowest BCUT2D eigenvalue weighted by molar-refractivity contribution is -0.132. The van der Waals surface area contributed by atoms with E-state index in [9.17, 15) is 4.79 Å². The summed E-state index contributed by atoms with van der Waals surface area (Å²) in [6.45, 7) is 7.02. The van der Waals surface area contributed by atoms with E-state index in [4.69, 9.17) is 9.47 Å². The second kappa shape index (κ2) is 9.30. The lowest BCUT2D eigenvalue weighted by atomic mass is 9.99. The van der Waals surface area contributed by atoms with Crippen LogP contribution in [0.25, 0.3) is 0 Å². The van der Waals surface area contributed by atoms with E-state index in [1.54, 1.807) is 7.11 Å². The van der Waals surface area contributed by atoms with Crippen LogP contribution in [0.15, 0.2) is 0 Å². The topological polar surface area (TPSA) is 50.8 Å². The summed E-state index contributed by atoms with van der Waals surface area (Å²) in [5.74, 6) is 0.689. The van der Waals surface area contributed by atoms with Crippen LogP contribution in [0.4, 0.5) is 0 Å². The van der Waals surface area contributed by atoms with Gasteiger partial charge in [-0.15, -0.1) is 0 Å². The Morgan fingerprint density at radius 3 is 3.06 bits per heavy atom. The minimum absolute atomic E-state index is 0.187. The molecule has 5 heteroatoms. The third kappa shape index (κ3) is 5.80. The van der Waals surface area contributed by atoms with Gasteiger partial charge < -0.3 is 19.7 Å². The van der Waals surface area contributed by atoms with Gasteiger partial charge in [0, 0.05) is 33.4 Å². The fourth-order valence-corrected chi connectivity index (χ4v) is 2.19. The normalized spacial score (nSPS) is 20.1. The molecule has 106 valence electrons. The van der Waals surface area contributed by atoms with Crippen molar-refractivity contribution in [2.24, 2.45) is 5.92 Å². The number of piperidine rings is 1. The Labute approximate surface area is 110 Å². The largest absolute Gasteiger partial charge is 0.383 e. The van der Waals surface area contributed by atoms with Gasteiger partial charge in [-0.2, -0.15) is 0 Å². The Morgan fingerprint density at radius 2 is 2.33 bits per heavy atom. The zero-order valence-corrected chi connectivity index (χ0v) is 11.6. The van der Waals surface area contributed by atoms with Gasteiger partial charge in [0.1, 0.15) is 0 Å². The summed E-state index contributed by atoms with van der Waals surface area (Å²) in [6.07, 6.45) is 2.25. The molecule has 0 aromatic heterocycles. The van der Waals surface area contributed by atoms with E-state index in [0.29, 0.717) is 19.1 Å². The third-order valence-electron chi connectivity index (χ3n) is 3.19. The maximum Gasteiger partial charge on any atom is 0.236 e. The summed E-state index contributed by atoms with van der Waals surface area (Å²) in [5.41, 5.74) is 0. The molecule has 1 heterocycles. The first-order valence-corrected chi connectivity index (χ1v) is 6.83. The fraction of sp³-hybridized carbons (Fsp3) is 0.923. The van der Waals surface area contributed by atoms with Gasteiger partial charge in [-0.25, -0.2) is 0 Å². The summed E-state index contributed by atoms with van der Waals surface area (Å²) >= 11 is 0. The van der Waals surface area contributed by atoms with Gasteiger partial charge in [0.15, 0.2) is 0 Å². The van der Waals surface area contributed by atoms with Crippen molar-refractivity contribution in [1.82, 2.24) is 10.2 Å². The second-order valence-electron chi connectivity index (χ2n) is 4.68. The van der Waals surface area contributed by atoms with E-state index in [2.05, 4.69) is 5.32 Å². The molecule has 1 unspecified atom stereocenters. The average molecular weight is 258 g/mol. The van der Waals surface area contributed by atoms with Crippen LogP contribution in [0.1, 0.15) is 19.8 Å². The van der Waals surface area contributed by atoms with Gasteiger partial charge in [0.25, 0.3) is 0 Å². The number of carbonyl (C=O) groups is 1. The van der Waals surface area contributed by atoms with Crippen LogP contribution in [-0.2, 0) is 14.3 Å². The number of ether oxygens (including phenoxy) is 2. The van der Waals surface area contributed by atoms with Gasteiger partial charge in [-0.3, -0.25) is 4.79 Å². The number of likely N-dealkylation sites (tertiary alicyclic amines) is 1. The Balaban J connectivity index is 2.20. The molecular weight excluding hydrogens is 232 g/mol. The molecule has 1 rings (SSSR count). The SMILES string of the molecule is CCOCC1CCCN(C(=O)CNCCOC)C1. The van der Waals surface area contributed by atoms with E-state index in [1.807, 2.05) is 11.8 Å². The maximum atomic E-state index is 12.0. The van der Waals surface area contributed by atoms with E-state index in [1.165, 1.54) is 6.42 Å². The maximum absolute atomic E-state index is 12.0. The van der Waals surface area contributed by atoms with Crippen molar-refractivity contribution in [3.63, 3.8) is 0 Å². The Morgan fingerprint density at radius 1 is 1.50 bits per heavy atom. The summed E-state index contributed by atoms with van der Waals surface area (Å²) < 4.78 is 10.4. The number of hydrogen-bond donors (Lipinski definition) is 1. The first-order valence-electron chi connectivity index (χ1n) is 6.83. The van der Waals surface area contributed by atoms with E-state index in [-0.39, 0.29) is 5.91 Å². The molecule has 5 nitrogen and oxygen atoms in total. The molecule has 0 aromatic carbocycles. The smallest absolute Gasteiger partial charge is 0.236 e. The number of hydrogen-bond acceptors (Lipinski definition) is 4. The Hall–Kier alpha value is -0.650. The van der Waals surface area contributed by atoms with Crippen molar-refractivity contribution in [2.45, 2.75) is 19.8 Å². The first kappa shape index (κ1) is 15.4. The van der Waals surface area contributed by atoms with Crippen molar-refractivity contribution in [1.29, 1.82) is 0 Å². The number of methoxy groups -OCH3 is 1. The minimum Gasteiger partial charge on any atom is -0.383 e. The van der Waals surface area contributed by atoms with E-state index in [0.717, 1.165) is 39.3 Å². The highest BCUT2D eigenvalue weighted by molar-refractivity contribution is 5.78. The van der Waals surface area contributed by atoms with Gasteiger partial charge in [0.05, 0.1) is 19.8 Å². The van der Waals surface area contributed by atoms with Crippen molar-refractivity contribution >= 4 is 5.91 Å². The van der Waals surface area contributed by atoms with Gasteiger partial charge in [-0.05, 0) is 25.7 Å². The van der Waals surface area contributed by atoms with Crippen molar-refractivity contribution in [3.8, 4) is 0 Å². The summed E-state index contributed by atoms with van der Waals surface area (Å²) in [5, 5.41) is 3.09. The molecule has 1 atom stereocenters. The monoisotopic (exact) mass is 258 g/mol. The molecule has 18 heavy (non-hydrogen) atoms. The lowest BCUT2D eigenvalue weighted by Crippen LogP contribution is -2.45. The van der Waals surface area contributed by atoms with Crippen LogP contribution < -0.4 is 5.32 Å². The Bertz CT molecular complexity index is 236. The molecule has 0 saturated carbocycles. The Kier molecular flexibility index (Phi) is 7.96. The van der Waals surface area contributed by atoms with Crippen LogP contribution in [0.2, 0.25) is 0 Å². The molecule has 1 aliphatic heterocycles. The standard InChI is InChI=1S/C13H26N2O3/c1-3-18-11-12-5-4-7-15(10-12)13(16)9-14-6-8-17-2/h12,14H,3-11H2,1-2H3. The minimum atomic E-state index is 0.187. The zero-order chi connectivity index (χ0) is 13.2. The third-order valence-corrected chi connectivity index (χ3v) is 3.19. The number of nitrogens with zero attached hydrogens (tertiary/aromatic N) is 1. The number of amides is 1. The number of carbonyl (C=O) groups excluding carboxylic acids is 1. The molecule has 1 fully saturated rings. The predicted molar refractivity (Wildman–Crippen MR) is 70.5 cm³/mol. The molecule has 1 N–H and O–H groups in total. The van der Waals surface area contributed by atoms with Crippen molar-refractivity contribution in [2.75, 3.05) is 53.1 Å². The van der Waals surface area contributed by atoms with Gasteiger partial charge >= 0.3 is 0 Å². The molecule has 0 aromatic rings. The highest BCUT2D eigenvalue weighted by atomic mass is 16.5. The molecular formula is C13H26N2O3. The average Bonchev–Trinajstić information content (AvgIpc) is 2.41. The fourth-order valence-electron chi connectivity index (χ4n) is 2.19. The molecule has 1 saturated heterocycles. The van der Waals surface area contributed by atoms with Crippen molar-refractivity contribution < 1.29 is 14.3 Å². The van der Waals surface area contributed by atoms with Crippen LogP contribution in [0.3, 0.4) is 0 Å². The van der Waals surface area contributed by atoms with E-state index < -0.39 is 0 Å². The lowest BCUT2D eigenvalue weighted by Gasteiger charge is -2.32. The molecule has 0 bridgehead atoms. The molecule has 0 spiro atoms. The zero-order valence-electron chi connectivity index (χ0n) is 11.6. The molecule has 1 aliphatic rings. The van der Waals surface area contributed by atoms with E-state index >= 15 is 0 Å². The van der Waals surface area contributed by atoms with Crippen LogP contribution in [-0.4, -0.2) is 63.9 Å². The van der Waals surface area contributed by atoms with Crippen LogP contribution >= 0.6 is 0 Å². The van der Waals surface area contributed by atoms with Gasteiger partial charge in [-0.1, -0.05) is 0 Å². The number of rotatable bonds is 8. The summed E-state index contributed by atoms with van der Waals surface area (Å²) in [4.78, 5) is 13.9. The quantitative estimate of drug-likeness (QED) is 0.644. The summed E-state index contributed by atoms with van der Waals surface area (Å²) in [7, 11) is 1.66. The number of nitrogens with one attached hydrogen (secondary N) is 1. The molecule has 1 amide bonds. The highest BCUT2D eigenvalue weighted by Crippen LogP contribution is 2.16. The van der Waals surface area contributed by atoms with Crippen molar-refractivity contribution in [3.05, 3.63) is 0 Å². The van der Waals surface area contributed by atoms with Crippen LogP contribution in [0.5, 0.6) is 0 Å². The first-order chi connectivity index (χ1) is 8.77. The predicted octanol–water partition coefficient (Wildman–Crippen LogP) is 0.498. The van der Waals surface area contributed by atoms with Gasteiger partial charge in [0.2, 0.25) is 5.91 Å². The summed E-state index contributed by atoms with van der Waals surface area (Å²) in [6, 6.07) is 0.